The molecule has 1 aromatic heterocycles. The molecular weight excluding hydrogens is 176 g/mol. The maximum absolute atomic E-state index is 5.01. The zero-order chi connectivity index (χ0) is 9.80. The molecule has 3 heteroatoms. The van der Waals surface area contributed by atoms with Crippen molar-refractivity contribution in [2.75, 3.05) is 0 Å². The van der Waals surface area contributed by atoms with Gasteiger partial charge in [-0.25, -0.2) is 0 Å². The van der Waals surface area contributed by atoms with Gasteiger partial charge in [-0.05, 0) is 19.1 Å². The lowest BCUT2D eigenvalue weighted by Crippen LogP contribution is -1.85. The van der Waals surface area contributed by atoms with E-state index in [0.29, 0.717) is 5.75 Å². The number of hydrogen-bond acceptors (Lipinski definition) is 3. The second-order valence-electron chi connectivity index (χ2n) is 2.74. The summed E-state index contributed by atoms with van der Waals surface area (Å²) in [6.45, 7) is 3.43. The van der Waals surface area contributed by atoms with Gasteiger partial charge in [0.25, 0.3) is 0 Å². The zero-order valence-corrected chi connectivity index (χ0v) is 7.55. The molecule has 1 radical (unpaired) electrons. The van der Waals surface area contributed by atoms with Crippen LogP contribution in [0.25, 0.3) is 10.9 Å². The fourth-order valence-electron chi connectivity index (χ4n) is 1.20. The molecule has 0 saturated heterocycles. The predicted molar refractivity (Wildman–Crippen MR) is 56.2 cm³/mol. The number of hydrogen-bond donors (Lipinski definition) is 0. The van der Waals surface area contributed by atoms with E-state index in [0.717, 1.165) is 10.9 Å². The number of nitrogens with zero attached hydrogens (tertiary/aromatic N) is 2. The van der Waals surface area contributed by atoms with Crippen LogP contribution < -0.4 is 4.84 Å². The Morgan fingerprint density at radius 3 is 3.07 bits per heavy atom. The number of benzene rings is 1. The molecule has 0 unspecified atom stereocenters. The molecule has 3 nitrogen and oxygen atoms in total. The van der Waals surface area contributed by atoms with Crippen LogP contribution in [-0.2, 0) is 0 Å². The van der Waals surface area contributed by atoms with Crippen LogP contribution >= 0.6 is 0 Å². The normalized spacial score (nSPS) is 10.9. The van der Waals surface area contributed by atoms with Crippen molar-refractivity contribution in [2.45, 2.75) is 0 Å². The molecule has 1 heterocycles. The highest BCUT2D eigenvalue weighted by Gasteiger charge is 1.96. The third-order valence-electron chi connectivity index (χ3n) is 1.80. The summed E-state index contributed by atoms with van der Waals surface area (Å²) in [4.78, 5) is 9.22. The molecule has 1 aromatic carbocycles. The molecule has 0 aliphatic rings. The molecule has 2 rings (SSSR count). The highest BCUT2D eigenvalue weighted by atomic mass is 16.6. The Labute approximate surface area is 82.0 Å². The summed E-state index contributed by atoms with van der Waals surface area (Å²) in [7, 11) is 0. The first-order chi connectivity index (χ1) is 6.90. The van der Waals surface area contributed by atoms with Gasteiger partial charge in [0.1, 0.15) is 0 Å². The van der Waals surface area contributed by atoms with Crippen molar-refractivity contribution in [1.29, 1.82) is 0 Å². The monoisotopic (exact) mass is 185 g/mol. The molecule has 0 bridgehead atoms. The molecule has 69 valence electrons. The number of fused-ring (bicyclic) bond motifs is 1. The van der Waals surface area contributed by atoms with E-state index in [-0.39, 0.29) is 0 Å². The van der Waals surface area contributed by atoms with Crippen LogP contribution in [-0.4, -0.2) is 11.2 Å². The quantitative estimate of drug-likeness (QED) is 0.532. The Bertz CT molecular complexity index is 466. The van der Waals surface area contributed by atoms with Gasteiger partial charge in [-0.15, -0.1) is 0 Å². The average molecular weight is 185 g/mol. The molecule has 0 N–H and O–H groups in total. The van der Waals surface area contributed by atoms with Crippen LogP contribution in [0.15, 0.2) is 41.7 Å². The van der Waals surface area contributed by atoms with Gasteiger partial charge in [-0.1, -0.05) is 23.4 Å². The van der Waals surface area contributed by atoms with Crippen molar-refractivity contribution in [2.24, 2.45) is 5.16 Å². The lowest BCUT2D eigenvalue weighted by Gasteiger charge is -1.99. The lowest BCUT2D eigenvalue weighted by molar-refractivity contribution is 0.343. The van der Waals surface area contributed by atoms with E-state index in [9.17, 15) is 0 Å². The van der Waals surface area contributed by atoms with E-state index in [2.05, 4.69) is 17.1 Å². The van der Waals surface area contributed by atoms with E-state index < -0.39 is 0 Å². The summed E-state index contributed by atoms with van der Waals surface area (Å²) >= 11 is 0. The Morgan fingerprint density at radius 2 is 2.21 bits per heavy atom. The fourth-order valence-corrected chi connectivity index (χ4v) is 1.20. The summed E-state index contributed by atoms with van der Waals surface area (Å²) in [6, 6.07) is 9.71. The number of para-hydroxylation sites is 1. The third-order valence-corrected chi connectivity index (χ3v) is 1.80. The average Bonchev–Trinajstić information content (AvgIpc) is 2.26. The minimum Gasteiger partial charge on any atom is -0.356 e. The van der Waals surface area contributed by atoms with Crippen LogP contribution in [0.3, 0.4) is 0 Å². The molecule has 14 heavy (non-hydrogen) atoms. The second kappa shape index (κ2) is 3.87. The lowest BCUT2D eigenvalue weighted by atomic mass is 10.2. The minimum atomic E-state index is 0.614. The molecule has 0 saturated carbocycles. The summed E-state index contributed by atoms with van der Waals surface area (Å²) in [5, 5.41) is 4.60. The van der Waals surface area contributed by atoms with Crippen molar-refractivity contribution in [1.82, 2.24) is 4.98 Å². The number of aromatic nitrogens is 1. The molecule has 0 amide bonds. The van der Waals surface area contributed by atoms with Crippen LogP contribution in [0.2, 0.25) is 0 Å². The molecular formula is C11H9N2O. The van der Waals surface area contributed by atoms with Crippen molar-refractivity contribution < 1.29 is 4.84 Å². The van der Waals surface area contributed by atoms with Crippen molar-refractivity contribution in [3.05, 3.63) is 43.5 Å². The summed E-state index contributed by atoms with van der Waals surface area (Å²) < 4.78 is 0. The van der Waals surface area contributed by atoms with Gasteiger partial charge in [0.05, 0.1) is 11.7 Å². The van der Waals surface area contributed by atoms with Gasteiger partial charge in [0.2, 0.25) is 0 Å². The van der Waals surface area contributed by atoms with E-state index in [1.807, 2.05) is 30.3 Å². The first-order valence-corrected chi connectivity index (χ1v) is 4.23. The second-order valence-corrected chi connectivity index (χ2v) is 2.74. The van der Waals surface area contributed by atoms with Crippen LogP contribution in [0.4, 0.5) is 0 Å². The van der Waals surface area contributed by atoms with Crippen molar-refractivity contribution in [3.63, 3.8) is 0 Å². The highest BCUT2D eigenvalue weighted by Crippen LogP contribution is 2.17. The van der Waals surface area contributed by atoms with Crippen LogP contribution in [0.5, 0.6) is 5.75 Å². The van der Waals surface area contributed by atoms with Crippen molar-refractivity contribution >= 4 is 17.1 Å². The molecule has 2 aromatic rings. The van der Waals surface area contributed by atoms with E-state index >= 15 is 0 Å². The summed E-state index contributed by atoms with van der Waals surface area (Å²) in [6.07, 6.45) is 2.98. The highest BCUT2D eigenvalue weighted by molar-refractivity contribution is 5.79. The van der Waals surface area contributed by atoms with Gasteiger partial charge >= 0.3 is 0 Å². The Kier molecular flexibility index (Phi) is 2.40. The predicted octanol–water partition coefficient (Wildman–Crippen LogP) is 2.43. The Morgan fingerprint density at radius 1 is 1.36 bits per heavy atom. The number of pyridine rings is 1. The first kappa shape index (κ1) is 8.69. The van der Waals surface area contributed by atoms with Gasteiger partial charge in [0, 0.05) is 11.6 Å². The molecule has 0 aliphatic heterocycles. The zero-order valence-electron chi connectivity index (χ0n) is 7.55. The maximum Gasteiger partial charge on any atom is 0.176 e. The van der Waals surface area contributed by atoms with Gasteiger partial charge in [0.15, 0.2) is 5.75 Å². The SMILES string of the molecule is [CH2]C=NOc1cnc2ccccc2c1. The van der Waals surface area contributed by atoms with Gasteiger partial charge < -0.3 is 4.84 Å². The van der Waals surface area contributed by atoms with Crippen molar-refractivity contribution in [3.8, 4) is 5.75 Å². The Balaban J connectivity index is 2.41. The number of rotatable bonds is 2. The van der Waals surface area contributed by atoms with E-state index in [1.54, 1.807) is 6.20 Å². The summed E-state index contributed by atoms with van der Waals surface area (Å²) in [5.41, 5.74) is 0.943. The largest absolute Gasteiger partial charge is 0.356 e. The first-order valence-electron chi connectivity index (χ1n) is 4.23. The standard InChI is InChI=1S/C11H9N2O/c1-2-13-14-10-7-9-5-3-4-6-11(9)12-8-10/h2-8H,1H2. The summed E-state index contributed by atoms with van der Waals surface area (Å²) in [5.74, 6) is 0.614. The topological polar surface area (TPSA) is 34.5 Å². The molecule has 0 spiro atoms. The molecule has 0 fully saturated rings. The van der Waals surface area contributed by atoms with Crippen LogP contribution in [0.1, 0.15) is 0 Å². The smallest absolute Gasteiger partial charge is 0.176 e. The van der Waals surface area contributed by atoms with Gasteiger partial charge in [-0.3, -0.25) is 4.98 Å². The van der Waals surface area contributed by atoms with E-state index in [1.165, 1.54) is 6.21 Å². The maximum atomic E-state index is 5.01. The van der Waals surface area contributed by atoms with Crippen LogP contribution in [0, 0.1) is 6.92 Å². The Hall–Kier alpha value is -1.90. The third kappa shape index (κ3) is 1.71. The van der Waals surface area contributed by atoms with Gasteiger partial charge in [-0.2, -0.15) is 0 Å². The molecule has 0 atom stereocenters. The number of oxime groups is 1. The molecule has 0 aliphatic carbocycles. The van der Waals surface area contributed by atoms with E-state index in [4.69, 9.17) is 4.84 Å². The fraction of sp³-hybridized carbons (Fsp3) is 0. The minimum absolute atomic E-state index is 0.614.